The Kier molecular flexibility index (Phi) is 3.25. The molecular formula is C15H21N5O. The smallest absolute Gasteiger partial charge is 0.229 e. The van der Waals surface area contributed by atoms with Gasteiger partial charge < -0.3 is 4.52 Å². The summed E-state index contributed by atoms with van der Waals surface area (Å²) < 4.78 is 7.40. The predicted octanol–water partition coefficient (Wildman–Crippen LogP) is 2.12. The molecule has 0 amide bonds. The molecular weight excluding hydrogens is 266 g/mol. The Morgan fingerprint density at radius 3 is 3.00 bits per heavy atom. The van der Waals surface area contributed by atoms with E-state index in [9.17, 15) is 0 Å². The van der Waals surface area contributed by atoms with E-state index in [0.717, 1.165) is 31.3 Å². The molecule has 0 bridgehead atoms. The molecule has 6 heteroatoms. The molecule has 21 heavy (non-hydrogen) atoms. The van der Waals surface area contributed by atoms with E-state index in [1.54, 1.807) is 0 Å². The average Bonchev–Trinajstić information content (AvgIpc) is 2.86. The maximum absolute atomic E-state index is 5.35. The van der Waals surface area contributed by atoms with Crippen LogP contribution in [0.15, 0.2) is 16.9 Å². The van der Waals surface area contributed by atoms with Crippen molar-refractivity contribution >= 4 is 0 Å². The van der Waals surface area contributed by atoms with Crippen LogP contribution < -0.4 is 0 Å². The zero-order valence-corrected chi connectivity index (χ0v) is 12.4. The fourth-order valence-electron chi connectivity index (χ4n) is 3.10. The van der Waals surface area contributed by atoms with Crippen LogP contribution in [-0.4, -0.2) is 37.4 Å². The van der Waals surface area contributed by atoms with Crippen LogP contribution in [-0.2, 0) is 13.1 Å². The molecule has 1 aliphatic heterocycles. The van der Waals surface area contributed by atoms with E-state index in [-0.39, 0.29) is 0 Å². The van der Waals surface area contributed by atoms with Gasteiger partial charge in [0, 0.05) is 18.2 Å². The van der Waals surface area contributed by atoms with Gasteiger partial charge in [-0.05, 0) is 44.7 Å². The van der Waals surface area contributed by atoms with Crippen molar-refractivity contribution in [3.05, 3.63) is 29.7 Å². The van der Waals surface area contributed by atoms with Crippen LogP contribution in [0.3, 0.4) is 0 Å². The average molecular weight is 287 g/mol. The lowest BCUT2D eigenvalue weighted by Gasteiger charge is -2.22. The molecule has 2 aromatic heterocycles. The van der Waals surface area contributed by atoms with E-state index >= 15 is 0 Å². The first-order chi connectivity index (χ1) is 10.3. The lowest BCUT2D eigenvalue weighted by Crippen LogP contribution is -2.33. The number of hydrogen-bond donors (Lipinski definition) is 0. The van der Waals surface area contributed by atoms with E-state index < -0.39 is 0 Å². The summed E-state index contributed by atoms with van der Waals surface area (Å²) in [6, 6.07) is 0.521. The minimum atomic E-state index is 0.521. The van der Waals surface area contributed by atoms with Crippen molar-refractivity contribution in [2.75, 3.05) is 6.54 Å². The zero-order valence-electron chi connectivity index (χ0n) is 12.4. The highest BCUT2D eigenvalue weighted by Crippen LogP contribution is 2.38. The lowest BCUT2D eigenvalue weighted by atomic mass is 10.2. The van der Waals surface area contributed by atoms with Crippen LogP contribution in [0, 0.1) is 6.92 Å². The largest absolute Gasteiger partial charge is 0.339 e. The molecule has 2 fully saturated rings. The Hall–Kier alpha value is -1.69. The maximum Gasteiger partial charge on any atom is 0.229 e. The molecule has 1 atom stereocenters. The fourth-order valence-corrected chi connectivity index (χ4v) is 3.10. The molecule has 1 aliphatic carbocycles. The van der Waals surface area contributed by atoms with Gasteiger partial charge in [-0.15, -0.1) is 0 Å². The minimum absolute atomic E-state index is 0.521. The van der Waals surface area contributed by atoms with Crippen molar-refractivity contribution in [3.8, 4) is 0 Å². The van der Waals surface area contributed by atoms with Gasteiger partial charge in [0.25, 0.3) is 0 Å². The van der Waals surface area contributed by atoms with Gasteiger partial charge in [-0.25, -0.2) is 0 Å². The number of rotatable bonds is 5. The summed E-state index contributed by atoms with van der Waals surface area (Å²) in [7, 11) is 0. The van der Waals surface area contributed by atoms with E-state index in [0.29, 0.717) is 12.0 Å². The SMILES string of the molecule is Cc1cnn(C[C@@H]2CCCN2Cc2noc(C3CC3)n2)c1. The molecule has 2 aliphatic rings. The molecule has 0 spiro atoms. The monoisotopic (exact) mass is 287 g/mol. The van der Waals surface area contributed by atoms with Crippen molar-refractivity contribution in [1.82, 2.24) is 24.8 Å². The van der Waals surface area contributed by atoms with Crippen LogP contribution in [0.5, 0.6) is 0 Å². The third-order valence-electron chi connectivity index (χ3n) is 4.41. The van der Waals surface area contributed by atoms with Crippen LogP contribution in [0.2, 0.25) is 0 Å². The number of aromatic nitrogens is 4. The molecule has 1 saturated heterocycles. The van der Waals surface area contributed by atoms with Gasteiger partial charge in [0.15, 0.2) is 5.82 Å². The lowest BCUT2D eigenvalue weighted by molar-refractivity contribution is 0.211. The van der Waals surface area contributed by atoms with Gasteiger partial charge in [-0.1, -0.05) is 5.16 Å². The van der Waals surface area contributed by atoms with Gasteiger partial charge in [0.05, 0.1) is 19.3 Å². The molecule has 112 valence electrons. The molecule has 0 N–H and O–H groups in total. The molecule has 0 radical (unpaired) electrons. The summed E-state index contributed by atoms with van der Waals surface area (Å²) >= 11 is 0. The molecule has 6 nitrogen and oxygen atoms in total. The Morgan fingerprint density at radius 2 is 2.24 bits per heavy atom. The summed E-state index contributed by atoms with van der Waals surface area (Å²) in [6.07, 6.45) is 8.88. The van der Waals surface area contributed by atoms with Gasteiger partial charge >= 0.3 is 0 Å². The number of aryl methyl sites for hydroxylation is 1. The first-order valence-electron chi connectivity index (χ1n) is 7.83. The topological polar surface area (TPSA) is 60.0 Å². The maximum atomic E-state index is 5.35. The first-order valence-corrected chi connectivity index (χ1v) is 7.83. The summed E-state index contributed by atoms with van der Waals surface area (Å²) in [5.74, 6) is 2.21. The Morgan fingerprint density at radius 1 is 1.33 bits per heavy atom. The van der Waals surface area contributed by atoms with E-state index in [1.165, 1.54) is 31.2 Å². The predicted molar refractivity (Wildman–Crippen MR) is 76.7 cm³/mol. The van der Waals surface area contributed by atoms with E-state index in [4.69, 9.17) is 4.52 Å². The highest BCUT2D eigenvalue weighted by Gasteiger charge is 2.31. The minimum Gasteiger partial charge on any atom is -0.339 e. The second kappa shape index (κ2) is 5.26. The second-order valence-electron chi connectivity index (χ2n) is 6.33. The van der Waals surface area contributed by atoms with Crippen LogP contribution in [0.25, 0.3) is 0 Å². The molecule has 4 rings (SSSR count). The third-order valence-corrected chi connectivity index (χ3v) is 4.41. The summed E-state index contributed by atoms with van der Waals surface area (Å²) in [4.78, 5) is 7.00. The number of likely N-dealkylation sites (tertiary alicyclic amines) is 1. The highest BCUT2D eigenvalue weighted by molar-refractivity contribution is 5.02. The normalized spacial score (nSPS) is 23.0. The summed E-state index contributed by atoms with van der Waals surface area (Å²) in [6.45, 7) is 4.93. The van der Waals surface area contributed by atoms with Crippen LogP contribution in [0.4, 0.5) is 0 Å². The Labute approximate surface area is 124 Å². The van der Waals surface area contributed by atoms with Crippen LogP contribution >= 0.6 is 0 Å². The van der Waals surface area contributed by atoms with E-state index in [1.807, 2.05) is 10.9 Å². The highest BCUT2D eigenvalue weighted by atomic mass is 16.5. The van der Waals surface area contributed by atoms with Crippen molar-refractivity contribution in [3.63, 3.8) is 0 Å². The standard InChI is InChI=1S/C15H21N5O/c1-11-7-16-20(8-11)9-13-3-2-6-19(13)10-14-17-15(21-18-14)12-4-5-12/h7-8,12-13H,2-6,9-10H2,1H3/t13-/m0/s1. The van der Waals surface area contributed by atoms with Crippen molar-refractivity contribution in [2.45, 2.75) is 57.7 Å². The van der Waals surface area contributed by atoms with Gasteiger partial charge in [0.1, 0.15) is 0 Å². The summed E-state index contributed by atoms with van der Waals surface area (Å²) in [5, 5.41) is 8.53. The quantitative estimate of drug-likeness (QED) is 0.843. The third kappa shape index (κ3) is 2.85. The Bertz CT molecular complexity index is 615. The van der Waals surface area contributed by atoms with Crippen molar-refractivity contribution in [1.29, 1.82) is 0 Å². The molecule has 1 saturated carbocycles. The van der Waals surface area contributed by atoms with Gasteiger partial charge in [-0.3, -0.25) is 9.58 Å². The molecule has 0 unspecified atom stereocenters. The second-order valence-corrected chi connectivity index (χ2v) is 6.33. The molecule has 3 heterocycles. The fraction of sp³-hybridized carbons (Fsp3) is 0.667. The van der Waals surface area contributed by atoms with Gasteiger partial charge in [0.2, 0.25) is 5.89 Å². The first kappa shape index (κ1) is 13.0. The molecule has 0 aromatic carbocycles. The van der Waals surface area contributed by atoms with Crippen LogP contribution in [0.1, 0.15) is 48.9 Å². The van der Waals surface area contributed by atoms with Gasteiger partial charge in [-0.2, -0.15) is 10.1 Å². The molecule has 2 aromatic rings. The van der Waals surface area contributed by atoms with Crippen molar-refractivity contribution < 1.29 is 4.52 Å². The number of hydrogen-bond acceptors (Lipinski definition) is 5. The number of nitrogens with zero attached hydrogens (tertiary/aromatic N) is 5. The zero-order chi connectivity index (χ0) is 14.2. The van der Waals surface area contributed by atoms with Crippen molar-refractivity contribution in [2.24, 2.45) is 0 Å². The summed E-state index contributed by atoms with van der Waals surface area (Å²) in [5.41, 5.74) is 1.21. The Balaban J connectivity index is 1.40. The van der Waals surface area contributed by atoms with E-state index in [2.05, 4.69) is 33.3 Å².